The predicted octanol–water partition coefficient (Wildman–Crippen LogP) is 5.78. The van der Waals surface area contributed by atoms with E-state index in [2.05, 4.69) is 74.0 Å². The minimum Gasteiger partial charge on any atom is -0.353 e. The number of hydrogen-bond donors (Lipinski definition) is 2. The van der Waals surface area contributed by atoms with Gasteiger partial charge in [-0.05, 0) is 59.7 Å². The molecule has 0 radical (unpaired) electrons. The van der Waals surface area contributed by atoms with Gasteiger partial charge in [-0.25, -0.2) is 15.0 Å². The average Bonchev–Trinajstić information content (AvgIpc) is 3.83. The first kappa shape index (κ1) is 22.8. The Morgan fingerprint density at radius 2 is 1.61 bits per heavy atom. The first-order chi connectivity index (χ1) is 18.8. The number of rotatable bonds is 6. The first-order valence-corrected chi connectivity index (χ1v) is 13.3. The summed E-state index contributed by atoms with van der Waals surface area (Å²) in [5.41, 5.74) is 6.50. The lowest BCUT2D eigenvalue weighted by Gasteiger charge is -2.30. The zero-order chi connectivity index (χ0) is 25.3. The quantitative estimate of drug-likeness (QED) is 0.306. The van der Waals surface area contributed by atoms with Crippen molar-refractivity contribution in [1.82, 2.24) is 25.3 Å². The van der Waals surface area contributed by atoms with Crippen molar-refractivity contribution < 1.29 is 0 Å². The molecular formula is C31H29N7. The molecule has 1 aliphatic heterocycles. The van der Waals surface area contributed by atoms with Crippen LogP contribution in [0.2, 0.25) is 0 Å². The summed E-state index contributed by atoms with van der Waals surface area (Å²) < 4.78 is 0. The van der Waals surface area contributed by atoms with E-state index in [0.29, 0.717) is 11.7 Å². The number of nitrogens with zero attached hydrogens (tertiary/aromatic N) is 5. The smallest absolute Gasteiger partial charge is 0.162 e. The van der Waals surface area contributed by atoms with Crippen LogP contribution in [0.1, 0.15) is 24.3 Å². The van der Waals surface area contributed by atoms with Gasteiger partial charge in [0.1, 0.15) is 11.6 Å². The molecule has 2 N–H and O–H groups in total. The Labute approximate surface area is 222 Å². The van der Waals surface area contributed by atoms with E-state index in [0.717, 1.165) is 54.6 Å². The van der Waals surface area contributed by atoms with E-state index in [1.807, 2.05) is 36.8 Å². The van der Waals surface area contributed by atoms with E-state index in [9.17, 15) is 0 Å². The molecular weight excluding hydrogens is 470 g/mol. The fourth-order valence-corrected chi connectivity index (χ4v) is 5.19. The summed E-state index contributed by atoms with van der Waals surface area (Å²) in [5.74, 6) is 3.06. The predicted molar refractivity (Wildman–Crippen MR) is 153 cm³/mol. The molecule has 38 heavy (non-hydrogen) atoms. The Kier molecular flexibility index (Phi) is 5.90. The molecule has 4 heterocycles. The molecule has 1 aliphatic carbocycles. The molecule has 1 saturated heterocycles. The largest absolute Gasteiger partial charge is 0.353 e. The number of anilines is 3. The van der Waals surface area contributed by atoms with Gasteiger partial charge in [0, 0.05) is 55.2 Å². The number of benzene rings is 2. The third-order valence-corrected chi connectivity index (χ3v) is 7.33. The molecule has 0 bridgehead atoms. The molecule has 2 aromatic carbocycles. The summed E-state index contributed by atoms with van der Waals surface area (Å²) in [6.07, 6.45) is 8.15. The zero-order valence-electron chi connectivity index (χ0n) is 21.1. The van der Waals surface area contributed by atoms with Crippen LogP contribution in [-0.2, 0) is 0 Å². The van der Waals surface area contributed by atoms with E-state index < -0.39 is 0 Å². The van der Waals surface area contributed by atoms with E-state index in [-0.39, 0.29) is 0 Å². The van der Waals surface area contributed by atoms with Crippen LogP contribution in [0.25, 0.3) is 33.4 Å². The Morgan fingerprint density at radius 3 is 2.39 bits per heavy atom. The van der Waals surface area contributed by atoms with E-state index in [4.69, 9.17) is 9.97 Å². The van der Waals surface area contributed by atoms with E-state index in [1.165, 1.54) is 34.9 Å². The molecule has 7 nitrogen and oxygen atoms in total. The van der Waals surface area contributed by atoms with E-state index in [1.54, 1.807) is 0 Å². The second-order valence-electron chi connectivity index (χ2n) is 10.0. The number of nitrogens with one attached hydrogen (secondary N) is 2. The molecule has 0 amide bonds. The van der Waals surface area contributed by atoms with Crippen molar-refractivity contribution in [2.45, 2.75) is 18.8 Å². The summed E-state index contributed by atoms with van der Waals surface area (Å²) in [4.78, 5) is 21.7. The molecule has 1 saturated carbocycles. The van der Waals surface area contributed by atoms with Crippen LogP contribution < -0.4 is 15.5 Å². The number of pyridine rings is 2. The lowest BCUT2D eigenvalue weighted by molar-refractivity contribution is 0.586. The normalized spacial score (nSPS) is 15.5. The Hall–Kier alpha value is -4.36. The van der Waals surface area contributed by atoms with Gasteiger partial charge in [0.25, 0.3) is 0 Å². The molecule has 5 aromatic rings. The van der Waals surface area contributed by atoms with Crippen molar-refractivity contribution >= 4 is 28.2 Å². The highest BCUT2D eigenvalue weighted by Gasteiger charge is 2.29. The minimum atomic E-state index is 0.576. The zero-order valence-corrected chi connectivity index (χ0v) is 21.1. The Bertz CT molecular complexity index is 1570. The molecule has 0 atom stereocenters. The van der Waals surface area contributed by atoms with Crippen LogP contribution in [0.15, 0.2) is 85.3 Å². The van der Waals surface area contributed by atoms with Crippen molar-refractivity contribution in [2.75, 3.05) is 36.4 Å². The van der Waals surface area contributed by atoms with Gasteiger partial charge in [0.05, 0.1) is 11.7 Å². The number of aromatic nitrogens is 4. The fourth-order valence-electron chi connectivity index (χ4n) is 5.19. The SMILES string of the molecule is c1ccc(-c2ccc(Nc3cc(-c4nc(N5CCNCC5)c5c(C6CC6)cncc5n4)ccn3)cc2)cc1. The Morgan fingerprint density at radius 1 is 0.816 bits per heavy atom. The van der Waals surface area contributed by atoms with Gasteiger partial charge < -0.3 is 15.5 Å². The molecule has 7 heteroatoms. The van der Waals surface area contributed by atoms with Gasteiger partial charge in [-0.15, -0.1) is 0 Å². The summed E-state index contributed by atoms with van der Waals surface area (Å²) in [5, 5.41) is 8.07. The topological polar surface area (TPSA) is 78.9 Å². The summed E-state index contributed by atoms with van der Waals surface area (Å²) >= 11 is 0. The van der Waals surface area contributed by atoms with Crippen LogP contribution in [-0.4, -0.2) is 46.1 Å². The minimum absolute atomic E-state index is 0.576. The second kappa shape index (κ2) is 9.84. The van der Waals surface area contributed by atoms with Gasteiger partial charge in [0.15, 0.2) is 5.82 Å². The fraction of sp³-hybridized carbons (Fsp3) is 0.226. The van der Waals surface area contributed by atoms with Crippen molar-refractivity contribution in [3.63, 3.8) is 0 Å². The third-order valence-electron chi connectivity index (χ3n) is 7.33. The molecule has 2 fully saturated rings. The average molecular weight is 500 g/mol. The highest BCUT2D eigenvalue weighted by Crippen LogP contribution is 2.44. The lowest BCUT2D eigenvalue weighted by atomic mass is 10.1. The maximum atomic E-state index is 5.16. The standard InChI is InChI=1S/C31H29N7/c1-2-4-21(5-3-1)22-8-10-25(11-9-22)35-28-18-24(12-13-34-28)30-36-27-20-33-19-26(23-6-7-23)29(27)31(37-30)38-16-14-32-15-17-38/h1-5,8-13,18-20,23,32H,6-7,14-17H2,(H,34,35). The molecule has 2 aliphatic rings. The van der Waals surface area contributed by atoms with Crippen LogP contribution in [0, 0.1) is 0 Å². The van der Waals surface area contributed by atoms with Crippen molar-refractivity contribution in [1.29, 1.82) is 0 Å². The maximum Gasteiger partial charge on any atom is 0.162 e. The number of hydrogen-bond acceptors (Lipinski definition) is 7. The van der Waals surface area contributed by atoms with Gasteiger partial charge >= 0.3 is 0 Å². The second-order valence-corrected chi connectivity index (χ2v) is 10.0. The number of piperazine rings is 1. The summed E-state index contributed by atoms with van der Waals surface area (Å²) in [6.45, 7) is 3.77. The van der Waals surface area contributed by atoms with Crippen LogP contribution in [0.4, 0.5) is 17.3 Å². The highest BCUT2D eigenvalue weighted by molar-refractivity contribution is 5.94. The van der Waals surface area contributed by atoms with Crippen LogP contribution in [0.3, 0.4) is 0 Å². The van der Waals surface area contributed by atoms with Gasteiger partial charge in [-0.3, -0.25) is 4.98 Å². The third kappa shape index (κ3) is 4.57. The van der Waals surface area contributed by atoms with Gasteiger partial charge in [0.2, 0.25) is 0 Å². The number of fused-ring (bicyclic) bond motifs is 1. The molecule has 3 aromatic heterocycles. The van der Waals surface area contributed by atoms with Crippen LogP contribution in [0.5, 0.6) is 0 Å². The molecule has 0 unspecified atom stereocenters. The van der Waals surface area contributed by atoms with Crippen molar-refractivity contribution in [3.8, 4) is 22.5 Å². The molecule has 0 spiro atoms. The van der Waals surface area contributed by atoms with Gasteiger partial charge in [-0.2, -0.15) is 0 Å². The summed E-state index contributed by atoms with van der Waals surface area (Å²) in [7, 11) is 0. The highest BCUT2D eigenvalue weighted by atomic mass is 15.2. The van der Waals surface area contributed by atoms with Crippen molar-refractivity contribution in [3.05, 3.63) is 90.9 Å². The molecule has 188 valence electrons. The Balaban J connectivity index is 1.22. The van der Waals surface area contributed by atoms with Crippen molar-refractivity contribution in [2.24, 2.45) is 0 Å². The summed E-state index contributed by atoms with van der Waals surface area (Å²) in [6, 6.07) is 22.8. The lowest BCUT2D eigenvalue weighted by Crippen LogP contribution is -2.44. The molecule has 7 rings (SSSR count). The van der Waals surface area contributed by atoms with Crippen LogP contribution >= 0.6 is 0 Å². The van der Waals surface area contributed by atoms with Gasteiger partial charge in [-0.1, -0.05) is 42.5 Å². The monoisotopic (exact) mass is 499 g/mol. The van der Waals surface area contributed by atoms with E-state index >= 15 is 0 Å². The first-order valence-electron chi connectivity index (χ1n) is 13.3. The maximum absolute atomic E-state index is 5.16.